The van der Waals surface area contributed by atoms with E-state index in [0.717, 1.165) is 31.5 Å². The number of fused-ring (bicyclic) bond motifs is 1. The number of sulfonamides is 1. The summed E-state index contributed by atoms with van der Waals surface area (Å²) in [5.41, 5.74) is 4.71. The van der Waals surface area contributed by atoms with Crippen molar-refractivity contribution in [3.63, 3.8) is 0 Å². The standard InChI is InChI=1S/C29H39N7O4S/c1-8-20-18-22(10-12-24(20)35(5)15-14-34(3)4)31-29-30-19-21(9-2)28(33-29)32-23-11-13-25-27(40-17-16-39-25)26(23)36(6)41(7,37)38/h9-13,18-19H,2,8,14-17H2,1,3-7H3,(H2,30,31,32,33). The zero-order valence-corrected chi connectivity index (χ0v) is 25.4. The predicted octanol–water partition coefficient (Wildman–Crippen LogP) is 4.33. The van der Waals surface area contributed by atoms with Crippen molar-refractivity contribution >= 4 is 50.6 Å². The summed E-state index contributed by atoms with van der Waals surface area (Å²) in [6.45, 7) is 8.61. The molecule has 0 saturated heterocycles. The molecule has 11 nitrogen and oxygen atoms in total. The van der Waals surface area contributed by atoms with Gasteiger partial charge in [-0.25, -0.2) is 13.4 Å². The van der Waals surface area contributed by atoms with Gasteiger partial charge >= 0.3 is 0 Å². The summed E-state index contributed by atoms with van der Waals surface area (Å²) in [7, 11) is 4.11. The third kappa shape index (κ3) is 7.01. The molecule has 41 heavy (non-hydrogen) atoms. The van der Waals surface area contributed by atoms with Crippen molar-refractivity contribution in [3.05, 3.63) is 54.2 Å². The molecule has 0 aliphatic carbocycles. The number of rotatable bonds is 12. The maximum Gasteiger partial charge on any atom is 0.232 e. The van der Waals surface area contributed by atoms with Gasteiger partial charge in [0.25, 0.3) is 0 Å². The molecular formula is C29H39N7O4S. The highest BCUT2D eigenvalue weighted by molar-refractivity contribution is 7.92. The molecule has 2 aromatic carbocycles. The average molecular weight is 582 g/mol. The van der Waals surface area contributed by atoms with E-state index in [2.05, 4.69) is 72.2 Å². The Morgan fingerprint density at radius 2 is 1.80 bits per heavy atom. The molecule has 0 saturated carbocycles. The van der Waals surface area contributed by atoms with Gasteiger partial charge in [-0.3, -0.25) is 4.31 Å². The number of likely N-dealkylation sites (N-methyl/N-ethyl adjacent to an activating group) is 2. The van der Waals surface area contributed by atoms with Crippen molar-refractivity contribution in [3.8, 4) is 11.5 Å². The van der Waals surface area contributed by atoms with Crippen molar-refractivity contribution in [1.29, 1.82) is 0 Å². The Labute approximate surface area is 242 Å². The summed E-state index contributed by atoms with van der Waals surface area (Å²) in [4.78, 5) is 13.6. The molecule has 0 radical (unpaired) electrons. The first kappa shape index (κ1) is 29.9. The monoisotopic (exact) mass is 581 g/mol. The molecular weight excluding hydrogens is 542 g/mol. The van der Waals surface area contributed by atoms with Crippen molar-refractivity contribution in [1.82, 2.24) is 14.9 Å². The van der Waals surface area contributed by atoms with Gasteiger partial charge in [-0.05, 0) is 56.4 Å². The van der Waals surface area contributed by atoms with E-state index >= 15 is 0 Å². The topological polar surface area (TPSA) is 112 Å². The Bertz CT molecular complexity index is 1510. The molecule has 2 heterocycles. The number of aryl methyl sites for hydroxylation is 1. The summed E-state index contributed by atoms with van der Waals surface area (Å²) < 4.78 is 37.8. The molecule has 1 aromatic heterocycles. The number of hydrogen-bond donors (Lipinski definition) is 2. The molecule has 1 aliphatic heterocycles. The lowest BCUT2D eigenvalue weighted by molar-refractivity contribution is 0.172. The zero-order valence-electron chi connectivity index (χ0n) is 24.6. The molecule has 3 aromatic rings. The first-order chi connectivity index (χ1) is 19.5. The lowest BCUT2D eigenvalue weighted by Crippen LogP contribution is -2.29. The van der Waals surface area contributed by atoms with Gasteiger partial charge in [0.1, 0.15) is 24.7 Å². The third-order valence-electron chi connectivity index (χ3n) is 6.80. The van der Waals surface area contributed by atoms with Gasteiger partial charge in [0, 0.05) is 50.3 Å². The molecule has 0 atom stereocenters. The average Bonchev–Trinajstić information content (AvgIpc) is 2.95. The Morgan fingerprint density at radius 3 is 2.49 bits per heavy atom. The van der Waals surface area contributed by atoms with Crippen LogP contribution < -0.4 is 29.3 Å². The number of ether oxygens (including phenoxy) is 2. The van der Waals surface area contributed by atoms with Gasteiger partial charge in [0.15, 0.2) is 11.5 Å². The van der Waals surface area contributed by atoms with E-state index < -0.39 is 10.0 Å². The summed E-state index contributed by atoms with van der Waals surface area (Å²) in [5.74, 6) is 1.66. The van der Waals surface area contributed by atoms with Gasteiger partial charge in [-0.1, -0.05) is 19.6 Å². The second-order valence-electron chi connectivity index (χ2n) is 10.1. The minimum Gasteiger partial charge on any atom is -0.486 e. The predicted molar refractivity (Wildman–Crippen MR) is 167 cm³/mol. The number of nitrogens with zero attached hydrogens (tertiary/aromatic N) is 5. The van der Waals surface area contributed by atoms with E-state index in [1.165, 1.54) is 22.6 Å². The Morgan fingerprint density at radius 1 is 1.05 bits per heavy atom. The van der Waals surface area contributed by atoms with Crippen LogP contribution in [0, 0.1) is 0 Å². The molecule has 0 bridgehead atoms. The molecule has 0 unspecified atom stereocenters. The van der Waals surface area contributed by atoms with Crippen molar-refractivity contribution in [2.45, 2.75) is 13.3 Å². The molecule has 2 N–H and O–H groups in total. The molecule has 12 heteroatoms. The van der Waals surface area contributed by atoms with Crippen LogP contribution in [0.15, 0.2) is 43.1 Å². The maximum atomic E-state index is 12.5. The Hall–Kier alpha value is -4.03. The van der Waals surface area contributed by atoms with Crippen molar-refractivity contribution < 1.29 is 17.9 Å². The largest absolute Gasteiger partial charge is 0.486 e. The van der Waals surface area contributed by atoms with Crippen LogP contribution in [0.2, 0.25) is 0 Å². The van der Waals surface area contributed by atoms with E-state index in [4.69, 9.17) is 14.5 Å². The zero-order chi connectivity index (χ0) is 29.7. The molecule has 0 fully saturated rings. The van der Waals surface area contributed by atoms with Crippen LogP contribution in [0.25, 0.3) is 6.08 Å². The SMILES string of the molecule is C=Cc1cnc(Nc2ccc(N(C)CCN(C)C)c(CC)c2)nc1Nc1ccc2c(c1N(C)S(C)(=O)=O)OCCO2. The van der Waals surface area contributed by atoms with Crippen LogP contribution in [-0.2, 0) is 16.4 Å². The van der Waals surface area contributed by atoms with E-state index in [0.29, 0.717) is 53.4 Å². The van der Waals surface area contributed by atoms with Gasteiger partial charge in [-0.2, -0.15) is 4.98 Å². The highest BCUT2D eigenvalue weighted by atomic mass is 32.2. The van der Waals surface area contributed by atoms with E-state index in [-0.39, 0.29) is 0 Å². The molecule has 0 spiro atoms. The highest BCUT2D eigenvalue weighted by Crippen LogP contribution is 2.46. The minimum absolute atomic E-state index is 0.310. The van der Waals surface area contributed by atoms with Gasteiger partial charge in [0.05, 0.1) is 11.9 Å². The quantitative estimate of drug-likeness (QED) is 0.320. The lowest BCUT2D eigenvalue weighted by atomic mass is 10.1. The fourth-order valence-electron chi connectivity index (χ4n) is 4.43. The second kappa shape index (κ2) is 12.6. The van der Waals surface area contributed by atoms with Crippen LogP contribution >= 0.6 is 0 Å². The van der Waals surface area contributed by atoms with E-state index in [1.807, 2.05) is 6.07 Å². The van der Waals surface area contributed by atoms with E-state index in [9.17, 15) is 8.42 Å². The van der Waals surface area contributed by atoms with Crippen molar-refractivity contribution in [2.75, 3.05) is 80.6 Å². The number of nitrogens with one attached hydrogen (secondary N) is 2. The summed E-state index contributed by atoms with van der Waals surface area (Å²) in [6.07, 6.45) is 5.31. The molecule has 0 amide bonds. The second-order valence-corrected chi connectivity index (χ2v) is 12.1. The molecule has 220 valence electrons. The fourth-order valence-corrected chi connectivity index (χ4v) is 4.94. The first-order valence-corrected chi connectivity index (χ1v) is 15.3. The number of anilines is 6. The summed E-state index contributed by atoms with van der Waals surface area (Å²) >= 11 is 0. The van der Waals surface area contributed by atoms with Crippen molar-refractivity contribution in [2.24, 2.45) is 0 Å². The Balaban J connectivity index is 1.65. The normalized spacial score (nSPS) is 12.7. The number of hydrogen-bond acceptors (Lipinski definition) is 10. The third-order valence-corrected chi connectivity index (χ3v) is 7.97. The maximum absolute atomic E-state index is 12.5. The minimum atomic E-state index is -3.61. The van der Waals surface area contributed by atoms with Crippen LogP contribution in [0.4, 0.5) is 34.5 Å². The van der Waals surface area contributed by atoms with Gasteiger partial charge in [0.2, 0.25) is 16.0 Å². The highest BCUT2D eigenvalue weighted by Gasteiger charge is 2.27. The Kier molecular flexibility index (Phi) is 9.24. The van der Waals surface area contributed by atoms with Crippen LogP contribution in [0.1, 0.15) is 18.1 Å². The number of aromatic nitrogens is 2. The van der Waals surface area contributed by atoms with E-state index in [1.54, 1.807) is 24.4 Å². The summed E-state index contributed by atoms with van der Waals surface area (Å²) in [6, 6.07) is 9.72. The molecule has 1 aliphatic rings. The fraction of sp³-hybridized carbons (Fsp3) is 0.379. The molecule has 4 rings (SSSR count). The van der Waals surface area contributed by atoms with Crippen LogP contribution in [-0.4, -0.2) is 84.0 Å². The summed E-state index contributed by atoms with van der Waals surface area (Å²) in [5, 5.41) is 6.59. The van der Waals surface area contributed by atoms with Crippen LogP contribution in [0.5, 0.6) is 11.5 Å². The van der Waals surface area contributed by atoms with Gasteiger partial charge < -0.3 is 29.9 Å². The van der Waals surface area contributed by atoms with Gasteiger partial charge in [-0.15, -0.1) is 0 Å². The smallest absolute Gasteiger partial charge is 0.232 e. The first-order valence-electron chi connectivity index (χ1n) is 13.4. The number of benzene rings is 2. The lowest BCUT2D eigenvalue weighted by Gasteiger charge is -2.28. The van der Waals surface area contributed by atoms with Crippen LogP contribution in [0.3, 0.4) is 0 Å².